The molecule has 4 aromatic rings. The Hall–Kier alpha value is -4.25. The predicted octanol–water partition coefficient (Wildman–Crippen LogP) is 5.05. The Morgan fingerprint density at radius 2 is 1.84 bits per heavy atom. The quantitative estimate of drug-likeness (QED) is 0.288. The zero-order valence-corrected chi connectivity index (χ0v) is 19.8. The number of amides is 1. The lowest BCUT2D eigenvalue weighted by Crippen LogP contribution is -2.29. The number of rotatable bonds is 4. The maximum Gasteiger partial charge on any atom is 0.573 e. The Labute approximate surface area is 213 Å². The van der Waals surface area contributed by atoms with Crippen LogP contribution in [0.25, 0.3) is 22.2 Å². The lowest BCUT2D eigenvalue weighted by atomic mass is 9.89. The number of nitrogens with one attached hydrogen (secondary N) is 1. The van der Waals surface area contributed by atoms with Crippen molar-refractivity contribution in [2.75, 3.05) is 0 Å². The number of ketones is 1. The third kappa shape index (κ3) is 3.65. The Bertz CT molecular complexity index is 1640. The van der Waals surface area contributed by atoms with Crippen LogP contribution < -0.4 is 15.8 Å². The molecule has 3 N–H and O–H groups in total. The average Bonchev–Trinajstić information content (AvgIpc) is 3.37. The highest BCUT2D eigenvalue weighted by Gasteiger charge is 2.45. The summed E-state index contributed by atoms with van der Waals surface area (Å²) in [6, 6.07) is 11.6. The van der Waals surface area contributed by atoms with Crippen molar-refractivity contribution in [1.29, 1.82) is 0 Å². The Morgan fingerprint density at radius 1 is 1.13 bits per heavy atom. The second-order valence-electron chi connectivity index (χ2n) is 9.38. The number of carbonyl (C=O) groups is 2. The van der Waals surface area contributed by atoms with Crippen molar-refractivity contribution in [3.05, 3.63) is 82.9 Å². The van der Waals surface area contributed by atoms with E-state index in [0.717, 1.165) is 0 Å². The van der Waals surface area contributed by atoms with Crippen LogP contribution in [0.1, 0.15) is 57.5 Å². The van der Waals surface area contributed by atoms with Crippen LogP contribution >= 0.6 is 0 Å². The van der Waals surface area contributed by atoms with Crippen LogP contribution in [0.15, 0.2) is 54.6 Å². The number of nitrogens with zero attached hydrogens (tertiary/aromatic N) is 2. The molecule has 1 unspecified atom stereocenters. The molecule has 0 fully saturated rings. The first-order valence-electron chi connectivity index (χ1n) is 11.8. The smallest absolute Gasteiger partial charge is 0.402 e. The van der Waals surface area contributed by atoms with Gasteiger partial charge in [-0.05, 0) is 37.1 Å². The first kappa shape index (κ1) is 24.1. The minimum absolute atomic E-state index is 0.00176. The molecule has 0 saturated carbocycles. The van der Waals surface area contributed by atoms with Crippen LogP contribution in [-0.2, 0) is 0 Å². The van der Waals surface area contributed by atoms with E-state index in [0.29, 0.717) is 16.9 Å². The number of halogens is 4. The van der Waals surface area contributed by atoms with Gasteiger partial charge in [-0.3, -0.25) is 9.59 Å². The van der Waals surface area contributed by atoms with Crippen LogP contribution in [0.4, 0.5) is 17.6 Å². The molecular formula is C27H20F4N4O3. The summed E-state index contributed by atoms with van der Waals surface area (Å²) in [6.45, 7) is 1.45. The molecule has 0 radical (unpaired) electrons. The van der Waals surface area contributed by atoms with Gasteiger partial charge in [0.05, 0.1) is 29.2 Å². The van der Waals surface area contributed by atoms with Gasteiger partial charge in [0.15, 0.2) is 17.3 Å². The first-order chi connectivity index (χ1) is 18.0. The van der Waals surface area contributed by atoms with E-state index in [-0.39, 0.29) is 34.2 Å². The predicted molar refractivity (Wildman–Crippen MR) is 129 cm³/mol. The van der Waals surface area contributed by atoms with Crippen molar-refractivity contribution in [3.63, 3.8) is 0 Å². The molecule has 6 rings (SSSR count). The monoisotopic (exact) mass is 524 g/mol. The van der Waals surface area contributed by atoms with Crippen LogP contribution in [0.3, 0.4) is 0 Å². The summed E-state index contributed by atoms with van der Waals surface area (Å²) in [4.78, 5) is 30.7. The van der Waals surface area contributed by atoms with E-state index in [9.17, 15) is 22.8 Å². The molecular weight excluding hydrogens is 504 g/mol. The van der Waals surface area contributed by atoms with Gasteiger partial charge in [0.1, 0.15) is 5.82 Å². The van der Waals surface area contributed by atoms with E-state index in [1.54, 1.807) is 28.8 Å². The van der Waals surface area contributed by atoms with Gasteiger partial charge in [0.25, 0.3) is 5.91 Å². The number of Topliss-reactive ketones (excluding diaryl/α,β-unsaturated/α-hetero) is 1. The lowest BCUT2D eigenvalue weighted by molar-refractivity contribution is -0.276. The van der Waals surface area contributed by atoms with Crippen LogP contribution in [0, 0.1) is 5.82 Å². The molecule has 11 heteroatoms. The fourth-order valence-corrected chi connectivity index (χ4v) is 5.43. The highest BCUT2D eigenvalue weighted by Crippen LogP contribution is 2.50. The summed E-state index contributed by atoms with van der Waals surface area (Å²) in [6.07, 6.45) is -5.09. The highest BCUT2D eigenvalue weighted by molar-refractivity contribution is 6.06. The van der Waals surface area contributed by atoms with Gasteiger partial charge >= 0.3 is 6.36 Å². The molecule has 0 aliphatic carbocycles. The molecule has 2 aliphatic heterocycles. The second-order valence-corrected chi connectivity index (χ2v) is 9.38. The minimum atomic E-state index is -5.25. The summed E-state index contributed by atoms with van der Waals surface area (Å²) in [5.41, 5.74) is 6.19. The van der Waals surface area contributed by atoms with E-state index in [4.69, 9.17) is 5.73 Å². The Morgan fingerprint density at radius 3 is 2.58 bits per heavy atom. The molecule has 1 amide bonds. The van der Waals surface area contributed by atoms with Crippen LogP contribution in [0.2, 0.25) is 0 Å². The number of ether oxygens (including phenoxy) is 1. The number of alkyl halides is 3. The summed E-state index contributed by atoms with van der Waals surface area (Å²) in [7, 11) is 0. The van der Waals surface area contributed by atoms with E-state index < -0.39 is 47.7 Å². The Balaban J connectivity index is 1.65. The van der Waals surface area contributed by atoms with Gasteiger partial charge in [-0.2, -0.15) is 0 Å². The van der Waals surface area contributed by atoms with Gasteiger partial charge in [0, 0.05) is 22.3 Å². The molecule has 3 heterocycles. The topological polar surface area (TPSA) is 99.2 Å². The largest absolute Gasteiger partial charge is 0.573 e. The zero-order valence-electron chi connectivity index (χ0n) is 19.8. The number of hydrogen-bond acceptors (Lipinski definition) is 5. The second kappa shape index (κ2) is 8.38. The third-order valence-corrected chi connectivity index (χ3v) is 6.96. The fourth-order valence-electron chi connectivity index (χ4n) is 5.43. The van der Waals surface area contributed by atoms with Gasteiger partial charge in [-0.15, -0.1) is 13.2 Å². The number of fused-ring (bicyclic) bond motifs is 9. The molecule has 3 aromatic carbocycles. The van der Waals surface area contributed by atoms with Crippen molar-refractivity contribution in [3.8, 4) is 16.9 Å². The summed E-state index contributed by atoms with van der Waals surface area (Å²) < 4.78 is 63.3. The fraction of sp³-hybridized carbons (Fsp3) is 0.222. The zero-order chi connectivity index (χ0) is 26.9. The number of nitrogens with two attached hydrogens (primary N) is 1. The first-order valence-corrected chi connectivity index (χ1v) is 11.8. The average molecular weight is 524 g/mol. The number of imidazole rings is 1. The van der Waals surface area contributed by atoms with Crippen molar-refractivity contribution in [2.45, 2.75) is 37.8 Å². The number of carbonyl (C=O) groups excluding carboxylic acids is 2. The van der Waals surface area contributed by atoms with Crippen LogP contribution in [0.5, 0.6) is 5.75 Å². The van der Waals surface area contributed by atoms with Gasteiger partial charge in [0.2, 0.25) is 0 Å². The van der Waals surface area contributed by atoms with E-state index in [1.807, 2.05) is 0 Å². The maximum atomic E-state index is 16.2. The number of hydrogen-bond donors (Lipinski definition) is 2. The summed E-state index contributed by atoms with van der Waals surface area (Å²) in [5, 5.41) is 2.82. The van der Waals surface area contributed by atoms with Gasteiger partial charge < -0.3 is 20.4 Å². The van der Waals surface area contributed by atoms with Crippen molar-refractivity contribution in [2.24, 2.45) is 5.73 Å². The molecule has 38 heavy (non-hydrogen) atoms. The maximum absolute atomic E-state index is 16.2. The third-order valence-electron chi connectivity index (χ3n) is 6.96. The molecule has 2 aliphatic rings. The molecule has 0 spiro atoms. The van der Waals surface area contributed by atoms with Crippen molar-refractivity contribution in [1.82, 2.24) is 14.9 Å². The summed E-state index contributed by atoms with van der Waals surface area (Å²) in [5.74, 6) is -3.22. The summed E-state index contributed by atoms with van der Waals surface area (Å²) >= 11 is 0. The van der Waals surface area contributed by atoms with E-state index >= 15 is 4.39 Å². The minimum Gasteiger partial charge on any atom is -0.402 e. The molecule has 194 valence electrons. The highest BCUT2D eigenvalue weighted by atomic mass is 19.4. The molecule has 3 atom stereocenters. The normalized spacial score (nSPS) is 18.9. The lowest BCUT2D eigenvalue weighted by Gasteiger charge is -2.24. The van der Waals surface area contributed by atoms with E-state index in [2.05, 4.69) is 15.0 Å². The van der Waals surface area contributed by atoms with Crippen molar-refractivity contribution < 1.29 is 31.9 Å². The number of benzene rings is 3. The number of para-hydroxylation sites is 2. The Kier molecular flexibility index (Phi) is 5.32. The molecule has 1 aromatic heterocycles. The van der Waals surface area contributed by atoms with E-state index in [1.165, 1.54) is 37.3 Å². The molecule has 7 nitrogen and oxygen atoms in total. The standard InChI is InChI=1S/C27H20F4N4O3/c1-12(32)23(36)14-7-3-2-6-13(14)15-10-16-21(24(22(15)28)38-27(29,30)31)20-11-18(34-26(16)37)25-33-17-8-4-5-9-19(17)35(20)25/h2-10,12,18,20H,11,32H2,1H3,(H,34,37)/t12?,18-,20-/m1/s1. The SMILES string of the molecule is CC(N)C(=O)c1ccccc1-c1cc2c(c(OC(F)(F)F)c1F)[C@H]1C[C@@H](NC2=O)c2nc3ccccc3n21. The molecule has 0 saturated heterocycles. The number of aromatic nitrogens is 2. The molecule has 2 bridgehead atoms. The van der Waals surface area contributed by atoms with Gasteiger partial charge in [-0.1, -0.05) is 36.4 Å². The van der Waals surface area contributed by atoms with Gasteiger partial charge in [-0.25, -0.2) is 9.37 Å². The van der Waals surface area contributed by atoms with Crippen molar-refractivity contribution >= 4 is 22.7 Å². The van der Waals surface area contributed by atoms with Crippen LogP contribution in [-0.4, -0.2) is 33.6 Å².